The number of unbranched alkanes of at least 4 members (excludes halogenated alkanes) is 7. The first-order chi connectivity index (χ1) is 10.1. The van der Waals surface area contributed by atoms with Gasteiger partial charge in [-0.1, -0.05) is 71.6 Å². The predicted octanol–water partition coefficient (Wildman–Crippen LogP) is 5.05. The normalized spacial score (nSPS) is 21.0. The first kappa shape index (κ1) is 18.5. The van der Waals surface area contributed by atoms with Crippen LogP contribution in [0.4, 0.5) is 0 Å². The van der Waals surface area contributed by atoms with Gasteiger partial charge in [0.25, 0.3) is 0 Å². The van der Waals surface area contributed by atoms with Crippen LogP contribution in [-0.4, -0.2) is 22.9 Å². The van der Waals surface area contributed by atoms with E-state index in [1.54, 1.807) is 0 Å². The van der Waals surface area contributed by atoms with E-state index < -0.39 is 0 Å². The summed E-state index contributed by atoms with van der Waals surface area (Å²) in [6.07, 6.45) is 17.5. The van der Waals surface area contributed by atoms with Crippen LogP contribution in [0.2, 0.25) is 0 Å². The lowest BCUT2D eigenvalue weighted by Crippen LogP contribution is -2.50. The minimum Gasteiger partial charge on any atom is -0.310 e. The summed E-state index contributed by atoms with van der Waals surface area (Å²) >= 11 is 0. The van der Waals surface area contributed by atoms with E-state index in [0.29, 0.717) is 0 Å². The minimum absolute atomic E-state index is 0.0943. The number of hydrogen-bond donors (Lipinski definition) is 1. The second kappa shape index (κ2) is 10.2. The topological polar surface area (TPSA) is 41.6 Å². The maximum Gasteiger partial charge on any atom is 0.0996 e. The van der Waals surface area contributed by atoms with Crippen LogP contribution in [0.25, 0.3) is 0 Å². The van der Waals surface area contributed by atoms with Crippen molar-refractivity contribution in [3.8, 4) is 0 Å². The van der Waals surface area contributed by atoms with E-state index in [9.17, 15) is 0 Å². The Morgan fingerprint density at radius 2 is 1.52 bits per heavy atom. The van der Waals surface area contributed by atoms with Gasteiger partial charge in [0.1, 0.15) is 0 Å². The van der Waals surface area contributed by atoms with E-state index in [4.69, 9.17) is 5.73 Å². The van der Waals surface area contributed by atoms with Crippen molar-refractivity contribution < 1.29 is 0 Å². The number of nitrogens with zero attached hydrogens (tertiary/aromatic N) is 2. The van der Waals surface area contributed by atoms with E-state index in [-0.39, 0.29) is 11.7 Å². The van der Waals surface area contributed by atoms with Gasteiger partial charge in [-0.3, -0.25) is 5.01 Å². The van der Waals surface area contributed by atoms with E-state index >= 15 is 0 Å². The molecule has 3 heteroatoms. The van der Waals surface area contributed by atoms with Gasteiger partial charge in [0, 0.05) is 12.6 Å². The van der Waals surface area contributed by atoms with Crippen LogP contribution in [0.5, 0.6) is 0 Å². The van der Waals surface area contributed by atoms with Crippen LogP contribution in [0.3, 0.4) is 0 Å². The first-order valence-electron chi connectivity index (χ1n) is 9.21. The van der Waals surface area contributed by atoms with Crippen molar-refractivity contribution in [2.24, 2.45) is 10.8 Å². The molecule has 0 aromatic heterocycles. The Balaban J connectivity index is 2.46. The molecule has 3 nitrogen and oxygen atoms in total. The Hall–Kier alpha value is -0.570. The highest BCUT2D eigenvalue weighted by atomic mass is 15.5. The van der Waals surface area contributed by atoms with Crippen LogP contribution < -0.4 is 5.73 Å². The highest BCUT2D eigenvalue weighted by molar-refractivity contribution is 5.59. The largest absolute Gasteiger partial charge is 0.310 e. The molecule has 0 bridgehead atoms. The third-order valence-electron chi connectivity index (χ3n) is 4.81. The summed E-state index contributed by atoms with van der Waals surface area (Å²) in [6.45, 7) is 6.92. The summed E-state index contributed by atoms with van der Waals surface area (Å²) in [5, 5.41) is 6.79. The van der Waals surface area contributed by atoms with Crippen molar-refractivity contribution in [2.75, 3.05) is 0 Å². The second-order valence-electron chi connectivity index (χ2n) is 6.92. The van der Waals surface area contributed by atoms with Gasteiger partial charge in [-0.05, 0) is 19.8 Å². The molecule has 0 saturated heterocycles. The number of hydrogen-bond acceptors (Lipinski definition) is 3. The van der Waals surface area contributed by atoms with Crippen molar-refractivity contribution in [1.82, 2.24) is 5.01 Å². The van der Waals surface area contributed by atoms with Crippen LogP contribution in [-0.2, 0) is 0 Å². The van der Waals surface area contributed by atoms with Gasteiger partial charge in [-0.15, -0.1) is 0 Å². The zero-order valence-corrected chi connectivity index (χ0v) is 14.6. The fourth-order valence-electron chi connectivity index (χ4n) is 3.36. The molecule has 0 radical (unpaired) electrons. The summed E-state index contributed by atoms with van der Waals surface area (Å²) in [4.78, 5) is 0. The highest BCUT2D eigenvalue weighted by Crippen LogP contribution is 2.32. The quantitative estimate of drug-likeness (QED) is 0.512. The van der Waals surface area contributed by atoms with Crippen molar-refractivity contribution in [2.45, 2.75) is 110 Å². The Labute approximate surface area is 132 Å². The van der Waals surface area contributed by atoms with E-state index in [1.807, 2.05) is 6.21 Å². The second-order valence-corrected chi connectivity index (χ2v) is 6.92. The molecule has 0 spiro atoms. The lowest BCUT2D eigenvalue weighted by Gasteiger charge is -2.40. The van der Waals surface area contributed by atoms with Crippen molar-refractivity contribution in [3.05, 3.63) is 0 Å². The zero-order valence-electron chi connectivity index (χ0n) is 14.6. The van der Waals surface area contributed by atoms with Crippen LogP contribution in [0.15, 0.2) is 5.10 Å². The van der Waals surface area contributed by atoms with Crippen LogP contribution in [0.1, 0.15) is 97.8 Å². The predicted molar refractivity (Wildman–Crippen MR) is 93.5 cm³/mol. The lowest BCUT2D eigenvalue weighted by molar-refractivity contribution is 0.0557. The van der Waals surface area contributed by atoms with Gasteiger partial charge in [0.2, 0.25) is 0 Å². The summed E-state index contributed by atoms with van der Waals surface area (Å²) in [7, 11) is 0. The molecule has 1 heterocycles. The Morgan fingerprint density at radius 1 is 1.00 bits per heavy atom. The van der Waals surface area contributed by atoms with Crippen LogP contribution >= 0.6 is 0 Å². The molecule has 0 aromatic carbocycles. The molecule has 2 unspecified atom stereocenters. The molecular formula is C18H37N3. The standard InChI is InChI=1S/C18H37N3/c1-4-6-8-10-12-15-18(3,14-11-9-7-5-2)21-17(19)13-16-20-21/h16-17H,4-15,19H2,1-3H3. The van der Waals surface area contributed by atoms with Crippen molar-refractivity contribution in [1.29, 1.82) is 0 Å². The van der Waals surface area contributed by atoms with Crippen molar-refractivity contribution >= 4 is 6.21 Å². The molecule has 0 amide bonds. The van der Waals surface area contributed by atoms with Crippen LogP contribution in [0, 0.1) is 0 Å². The minimum atomic E-state index is 0.0943. The fourth-order valence-corrected chi connectivity index (χ4v) is 3.36. The summed E-state index contributed by atoms with van der Waals surface area (Å²) in [5.74, 6) is 0. The van der Waals surface area contributed by atoms with Gasteiger partial charge < -0.3 is 5.73 Å². The SMILES string of the molecule is CCCCCCCC(C)(CCCCCC)N1N=CCC1N. The molecule has 1 rings (SSSR count). The lowest BCUT2D eigenvalue weighted by atomic mass is 9.87. The maximum atomic E-state index is 6.25. The average molecular weight is 296 g/mol. The number of rotatable bonds is 12. The van der Waals surface area contributed by atoms with Crippen molar-refractivity contribution in [3.63, 3.8) is 0 Å². The molecule has 0 aliphatic carbocycles. The van der Waals surface area contributed by atoms with Gasteiger partial charge in [-0.25, -0.2) is 0 Å². The first-order valence-corrected chi connectivity index (χ1v) is 9.21. The maximum absolute atomic E-state index is 6.25. The molecule has 0 fully saturated rings. The molecule has 0 aromatic rings. The van der Waals surface area contributed by atoms with E-state index in [1.165, 1.54) is 70.6 Å². The summed E-state index contributed by atoms with van der Waals surface area (Å²) < 4.78 is 0. The van der Waals surface area contributed by atoms with E-state index in [2.05, 4.69) is 30.9 Å². The fraction of sp³-hybridized carbons (Fsp3) is 0.944. The monoisotopic (exact) mass is 295 g/mol. The number of nitrogens with two attached hydrogens (primary N) is 1. The molecule has 1 aliphatic rings. The third-order valence-corrected chi connectivity index (χ3v) is 4.81. The molecule has 21 heavy (non-hydrogen) atoms. The van der Waals surface area contributed by atoms with Gasteiger partial charge in [0.15, 0.2) is 0 Å². The molecule has 2 atom stereocenters. The van der Waals surface area contributed by atoms with E-state index in [0.717, 1.165) is 6.42 Å². The summed E-state index contributed by atoms with van der Waals surface area (Å²) in [6, 6.07) is 0. The molecule has 1 aliphatic heterocycles. The Morgan fingerprint density at radius 3 is 2.00 bits per heavy atom. The highest BCUT2D eigenvalue weighted by Gasteiger charge is 2.35. The van der Waals surface area contributed by atoms with Gasteiger partial charge >= 0.3 is 0 Å². The molecular weight excluding hydrogens is 258 g/mol. The number of hydrazone groups is 1. The third kappa shape index (κ3) is 6.37. The average Bonchev–Trinajstić information content (AvgIpc) is 2.90. The smallest absolute Gasteiger partial charge is 0.0996 e. The Kier molecular flexibility index (Phi) is 8.98. The van der Waals surface area contributed by atoms with Gasteiger partial charge in [-0.2, -0.15) is 5.10 Å². The molecule has 124 valence electrons. The summed E-state index contributed by atoms with van der Waals surface area (Å²) in [5.41, 5.74) is 6.41. The zero-order chi connectivity index (χ0) is 15.6. The van der Waals surface area contributed by atoms with Gasteiger partial charge in [0.05, 0.1) is 11.7 Å². The molecule has 0 saturated carbocycles. The Bertz CT molecular complexity index is 290. The molecule has 2 N–H and O–H groups in total.